The lowest BCUT2D eigenvalue weighted by Crippen LogP contribution is -2.36. The standard InChI is InChI=1S/C18H24N2O5/c1-23-15-4-3-14(8-16(15)24-2)20-10-13(7-17(20)21)18(22)19-9-12-5-6-25-11-12/h3-4,8,12-13H,5-7,9-11H2,1-2H3,(H,19,22)/t12-,13+/m0/s1. The molecule has 136 valence electrons. The minimum absolute atomic E-state index is 0.0587. The lowest BCUT2D eigenvalue weighted by atomic mass is 10.1. The van der Waals surface area contributed by atoms with Crippen LogP contribution < -0.4 is 19.7 Å². The van der Waals surface area contributed by atoms with Crippen LogP contribution in [0.4, 0.5) is 5.69 Å². The van der Waals surface area contributed by atoms with Gasteiger partial charge in [-0.3, -0.25) is 9.59 Å². The maximum atomic E-state index is 12.4. The minimum Gasteiger partial charge on any atom is -0.493 e. The van der Waals surface area contributed by atoms with Crippen molar-refractivity contribution < 1.29 is 23.8 Å². The first kappa shape index (κ1) is 17.5. The van der Waals surface area contributed by atoms with Crippen LogP contribution in [0.5, 0.6) is 11.5 Å². The van der Waals surface area contributed by atoms with E-state index in [0.717, 1.165) is 13.0 Å². The van der Waals surface area contributed by atoms with Gasteiger partial charge >= 0.3 is 0 Å². The van der Waals surface area contributed by atoms with Crippen molar-refractivity contribution in [1.29, 1.82) is 0 Å². The monoisotopic (exact) mass is 348 g/mol. The van der Waals surface area contributed by atoms with E-state index in [1.54, 1.807) is 37.3 Å². The lowest BCUT2D eigenvalue weighted by Gasteiger charge is -2.19. The maximum Gasteiger partial charge on any atom is 0.227 e. The summed E-state index contributed by atoms with van der Waals surface area (Å²) in [6.45, 7) is 2.44. The molecule has 2 aliphatic heterocycles. The third-order valence-electron chi connectivity index (χ3n) is 4.76. The molecule has 1 N–H and O–H groups in total. The molecule has 0 unspecified atom stereocenters. The first-order valence-corrected chi connectivity index (χ1v) is 8.50. The molecule has 0 saturated carbocycles. The van der Waals surface area contributed by atoms with E-state index in [2.05, 4.69) is 5.32 Å². The van der Waals surface area contributed by atoms with Crippen molar-refractivity contribution in [2.75, 3.05) is 45.4 Å². The topological polar surface area (TPSA) is 77.1 Å². The highest BCUT2D eigenvalue weighted by Gasteiger charge is 2.35. The number of anilines is 1. The molecule has 0 aromatic heterocycles. The molecule has 7 nitrogen and oxygen atoms in total. The summed E-state index contributed by atoms with van der Waals surface area (Å²) in [5.41, 5.74) is 0.710. The number of hydrogen-bond acceptors (Lipinski definition) is 5. The van der Waals surface area contributed by atoms with E-state index in [-0.39, 0.29) is 24.2 Å². The van der Waals surface area contributed by atoms with Crippen LogP contribution in [0.25, 0.3) is 0 Å². The average Bonchev–Trinajstić information content (AvgIpc) is 3.28. The molecule has 1 aromatic rings. The molecule has 2 fully saturated rings. The quantitative estimate of drug-likeness (QED) is 0.836. The largest absolute Gasteiger partial charge is 0.493 e. The van der Waals surface area contributed by atoms with Gasteiger partial charge in [0.25, 0.3) is 0 Å². The fourth-order valence-electron chi connectivity index (χ4n) is 3.26. The van der Waals surface area contributed by atoms with Crippen LogP contribution in [-0.4, -0.2) is 52.3 Å². The summed E-state index contributed by atoms with van der Waals surface area (Å²) in [7, 11) is 3.12. The molecule has 2 aliphatic rings. The Morgan fingerprint density at radius 1 is 1.32 bits per heavy atom. The zero-order valence-electron chi connectivity index (χ0n) is 14.6. The molecule has 0 bridgehead atoms. The van der Waals surface area contributed by atoms with E-state index >= 15 is 0 Å². The fourth-order valence-corrected chi connectivity index (χ4v) is 3.26. The Hall–Kier alpha value is -2.28. The summed E-state index contributed by atoms with van der Waals surface area (Å²) in [6, 6.07) is 5.32. The summed E-state index contributed by atoms with van der Waals surface area (Å²) in [4.78, 5) is 26.4. The van der Waals surface area contributed by atoms with Gasteiger partial charge in [-0.05, 0) is 18.6 Å². The molecule has 2 heterocycles. The lowest BCUT2D eigenvalue weighted by molar-refractivity contribution is -0.126. The van der Waals surface area contributed by atoms with Crippen LogP contribution in [0.1, 0.15) is 12.8 Å². The van der Waals surface area contributed by atoms with Gasteiger partial charge in [-0.1, -0.05) is 0 Å². The Labute approximate surface area is 147 Å². The van der Waals surface area contributed by atoms with Crippen molar-refractivity contribution in [3.63, 3.8) is 0 Å². The van der Waals surface area contributed by atoms with Gasteiger partial charge in [0.1, 0.15) is 0 Å². The first-order chi connectivity index (χ1) is 12.1. The molecule has 0 aliphatic carbocycles. The zero-order chi connectivity index (χ0) is 17.8. The van der Waals surface area contributed by atoms with E-state index in [1.165, 1.54) is 0 Å². The van der Waals surface area contributed by atoms with Crippen molar-refractivity contribution in [2.24, 2.45) is 11.8 Å². The number of hydrogen-bond donors (Lipinski definition) is 1. The summed E-state index contributed by atoms with van der Waals surface area (Å²) < 4.78 is 15.8. The number of ether oxygens (including phenoxy) is 3. The van der Waals surface area contributed by atoms with Crippen LogP contribution in [0.2, 0.25) is 0 Å². The molecule has 2 atom stereocenters. The number of carbonyl (C=O) groups is 2. The van der Waals surface area contributed by atoms with Crippen molar-refractivity contribution >= 4 is 17.5 Å². The van der Waals surface area contributed by atoms with E-state index in [1.807, 2.05) is 0 Å². The number of carbonyl (C=O) groups excluding carboxylic acids is 2. The van der Waals surface area contributed by atoms with Gasteiger partial charge in [0.2, 0.25) is 11.8 Å². The predicted octanol–water partition coefficient (Wildman–Crippen LogP) is 1.21. The van der Waals surface area contributed by atoms with Crippen LogP contribution in [-0.2, 0) is 14.3 Å². The number of benzene rings is 1. The second-order valence-corrected chi connectivity index (χ2v) is 6.42. The van der Waals surface area contributed by atoms with E-state index in [0.29, 0.717) is 42.8 Å². The van der Waals surface area contributed by atoms with Crippen LogP contribution >= 0.6 is 0 Å². The van der Waals surface area contributed by atoms with E-state index in [9.17, 15) is 9.59 Å². The number of nitrogens with one attached hydrogen (secondary N) is 1. The zero-order valence-corrected chi connectivity index (χ0v) is 14.6. The van der Waals surface area contributed by atoms with Crippen LogP contribution in [0.3, 0.4) is 0 Å². The van der Waals surface area contributed by atoms with Gasteiger partial charge in [-0.2, -0.15) is 0 Å². The highest BCUT2D eigenvalue weighted by molar-refractivity contribution is 6.00. The average molecular weight is 348 g/mol. The molecule has 0 radical (unpaired) electrons. The predicted molar refractivity (Wildman–Crippen MR) is 91.9 cm³/mol. The molecule has 0 spiro atoms. The van der Waals surface area contributed by atoms with Gasteiger partial charge in [0, 0.05) is 43.8 Å². The molecular formula is C18H24N2O5. The third-order valence-corrected chi connectivity index (χ3v) is 4.76. The van der Waals surface area contributed by atoms with Gasteiger partial charge < -0.3 is 24.4 Å². The number of amides is 2. The summed E-state index contributed by atoms with van der Waals surface area (Å²) >= 11 is 0. The molecule has 3 rings (SSSR count). The van der Waals surface area contributed by atoms with Crippen molar-refractivity contribution in [3.8, 4) is 11.5 Å². The van der Waals surface area contributed by atoms with Gasteiger partial charge in [0.15, 0.2) is 11.5 Å². The maximum absolute atomic E-state index is 12.4. The first-order valence-electron chi connectivity index (χ1n) is 8.50. The van der Waals surface area contributed by atoms with Crippen molar-refractivity contribution in [3.05, 3.63) is 18.2 Å². The van der Waals surface area contributed by atoms with Crippen LogP contribution in [0.15, 0.2) is 18.2 Å². The molecule has 1 aromatic carbocycles. The molecule has 2 saturated heterocycles. The fraction of sp³-hybridized carbons (Fsp3) is 0.556. The van der Waals surface area contributed by atoms with Gasteiger partial charge in [-0.25, -0.2) is 0 Å². The summed E-state index contributed by atoms with van der Waals surface area (Å²) in [5, 5.41) is 2.96. The molecule has 25 heavy (non-hydrogen) atoms. The summed E-state index contributed by atoms with van der Waals surface area (Å²) in [6.07, 6.45) is 1.20. The molecule has 2 amide bonds. The minimum atomic E-state index is -0.331. The van der Waals surface area contributed by atoms with Crippen LogP contribution in [0, 0.1) is 11.8 Å². The van der Waals surface area contributed by atoms with Crippen molar-refractivity contribution in [1.82, 2.24) is 5.32 Å². The Kier molecular flexibility index (Phi) is 5.43. The highest BCUT2D eigenvalue weighted by Crippen LogP contribution is 2.34. The normalized spacial score (nSPS) is 23.0. The number of methoxy groups -OCH3 is 2. The second-order valence-electron chi connectivity index (χ2n) is 6.42. The Balaban J connectivity index is 1.62. The van der Waals surface area contributed by atoms with E-state index < -0.39 is 0 Å². The molecule has 7 heteroatoms. The third kappa shape index (κ3) is 3.87. The smallest absolute Gasteiger partial charge is 0.227 e. The Morgan fingerprint density at radius 2 is 2.12 bits per heavy atom. The van der Waals surface area contributed by atoms with Crippen molar-refractivity contribution in [2.45, 2.75) is 12.8 Å². The van der Waals surface area contributed by atoms with Gasteiger partial charge in [-0.15, -0.1) is 0 Å². The highest BCUT2D eigenvalue weighted by atomic mass is 16.5. The molecular weight excluding hydrogens is 324 g/mol. The SMILES string of the molecule is COc1ccc(N2C[C@H](C(=O)NC[C@@H]3CCOC3)CC2=O)cc1OC. The van der Waals surface area contributed by atoms with Gasteiger partial charge in [0.05, 0.1) is 26.7 Å². The Bertz CT molecular complexity index is 642. The number of nitrogens with zero attached hydrogens (tertiary/aromatic N) is 1. The number of rotatable bonds is 6. The van der Waals surface area contributed by atoms with E-state index in [4.69, 9.17) is 14.2 Å². The Morgan fingerprint density at radius 3 is 2.80 bits per heavy atom. The summed E-state index contributed by atoms with van der Waals surface area (Å²) in [5.74, 6) is 1.08. The second kappa shape index (κ2) is 7.74.